The highest BCUT2D eigenvalue weighted by molar-refractivity contribution is 5.72. The zero-order valence-electron chi connectivity index (χ0n) is 9.49. The van der Waals surface area contributed by atoms with E-state index in [-0.39, 0.29) is 0 Å². The summed E-state index contributed by atoms with van der Waals surface area (Å²) in [5, 5.41) is 8.86. The van der Waals surface area contributed by atoms with Crippen molar-refractivity contribution in [2.45, 2.75) is 39.3 Å². The second kappa shape index (κ2) is 6.79. The van der Waals surface area contributed by atoms with Gasteiger partial charge in [0.2, 0.25) is 0 Å². The molecule has 0 rings (SSSR count). The molecular weight excluding hydrogens is 182 g/mol. The first kappa shape index (κ1) is 13.4. The first-order valence-corrected chi connectivity index (χ1v) is 5.07. The fraction of sp³-hybridized carbons (Fsp3) is 0.900. The summed E-state index contributed by atoms with van der Waals surface area (Å²) >= 11 is 0. The summed E-state index contributed by atoms with van der Waals surface area (Å²) in [5.74, 6) is -0.887. The molecule has 0 saturated heterocycles. The highest BCUT2D eigenvalue weighted by Crippen LogP contribution is 2.03. The summed E-state index contributed by atoms with van der Waals surface area (Å²) in [7, 11) is 1.92. The summed E-state index contributed by atoms with van der Waals surface area (Å²) in [5.41, 5.74) is 0. The summed E-state index contributed by atoms with van der Waals surface area (Å²) in [6.07, 6.45) is 0.300. The predicted octanol–water partition coefficient (Wildman–Crippen LogP) is 1.21. The van der Waals surface area contributed by atoms with Gasteiger partial charge in [-0.25, -0.2) is 4.79 Å². The van der Waals surface area contributed by atoms with Gasteiger partial charge in [0.1, 0.15) is 0 Å². The number of hydrogen-bond donors (Lipinski definition) is 1. The Morgan fingerprint density at radius 1 is 1.50 bits per heavy atom. The smallest absolute Gasteiger partial charge is 0.334 e. The fourth-order valence-corrected chi connectivity index (χ4v) is 1.16. The van der Waals surface area contributed by atoms with Crippen LogP contribution < -0.4 is 0 Å². The van der Waals surface area contributed by atoms with Gasteiger partial charge < -0.3 is 14.7 Å². The lowest BCUT2D eigenvalue weighted by atomic mass is 10.2. The molecule has 4 nitrogen and oxygen atoms in total. The van der Waals surface area contributed by atoms with Crippen LogP contribution in [0.3, 0.4) is 0 Å². The van der Waals surface area contributed by atoms with E-state index in [1.165, 1.54) is 0 Å². The van der Waals surface area contributed by atoms with Crippen LogP contribution in [0.25, 0.3) is 0 Å². The first-order chi connectivity index (χ1) is 6.52. The second-order valence-electron chi connectivity index (χ2n) is 3.48. The van der Waals surface area contributed by atoms with Crippen LogP contribution in [0.2, 0.25) is 0 Å². The Bertz CT molecular complexity index is 173. The second-order valence-corrected chi connectivity index (χ2v) is 3.48. The molecule has 4 heteroatoms. The molecule has 0 aromatic heterocycles. The van der Waals surface area contributed by atoms with E-state index < -0.39 is 12.1 Å². The summed E-state index contributed by atoms with van der Waals surface area (Å²) in [4.78, 5) is 12.8. The molecule has 0 aliphatic heterocycles. The molecule has 0 spiro atoms. The molecular formula is C10H21NO3. The zero-order valence-corrected chi connectivity index (χ0v) is 9.49. The number of ether oxygens (including phenoxy) is 1. The molecule has 0 aliphatic rings. The Labute approximate surface area is 85.9 Å². The van der Waals surface area contributed by atoms with Crippen LogP contribution in [0.15, 0.2) is 0 Å². The number of carbonyl (C=O) groups is 1. The monoisotopic (exact) mass is 203 g/mol. The Morgan fingerprint density at radius 2 is 2.07 bits per heavy atom. The predicted molar refractivity (Wildman–Crippen MR) is 55.4 cm³/mol. The molecule has 0 aliphatic carbocycles. The lowest BCUT2D eigenvalue weighted by molar-refractivity contribution is -0.151. The van der Waals surface area contributed by atoms with Crippen molar-refractivity contribution in [1.29, 1.82) is 0 Å². The van der Waals surface area contributed by atoms with Gasteiger partial charge in [0.05, 0.1) is 0 Å². The van der Waals surface area contributed by atoms with E-state index in [1.54, 1.807) is 6.92 Å². The summed E-state index contributed by atoms with van der Waals surface area (Å²) in [6, 6.07) is 0.386. The summed E-state index contributed by atoms with van der Waals surface area (Å²) < 4.78 is 5.13. The number of likely N-dealkylation sites (N-methyl/N-ethyl adjacent to an activating group) is 1. The van der Waals surface area contributed by atoms with Crippen LogP contribution in [0.4, 0.5) is 0 Å². The average Bonchev–Trinajstić information content (AvgIpc) is 2.15. The van der Waals surface area contributed by atoms with Crippen LogP contribution >= 0.6 is 0 Å². The Kier molecular flexibility index (Phi) is 6.49. The van der Waals surface area contributed by atoms with Gasteiger partial charge in [-0.3, -0.25) is 0 Å². The van der Waals surface area contributed by atoms with Crippen molar-refractivity contribution in [3.63, 3.8) is 0 Å². The standard InChI is InChI=1S/C10H21NO3/c1-5-8(3)11(4)7-9(10(12)13)14-6-2/h8-9H,5-7H2,1-4H3,(H,12,13). The summed E-state index contributed by atoms with van der Waals surface area (Å²) in [6.45, 7) is 6.84. The third-order valence-electron chi connectivity index (χ3n) is 2.44. The molecule has 0 saturated carbocycles. The van der Waals surface area contributed by atoms with E-state index in [0.29, 0.717) is 19.2 Å². The molecule has 1 N–H and O–H groups in total. The minimum atomic E-state index is -0.887. The van der Waals surface area contributed by atoms with Crippen molar-refractivity contribution in [3.05, 3.63) is 0 Å². The molecule has 0 heterocycles. The van der Waals surface area contributed by atoms with Crippen molar-refractivity contribution in [1.82, 2.24) is 4.90 Å². The molecule has 14 heavy (non-hydrogen) atoms. The van der Waals surface area contributed by atoms with E-state index >= 15 is 0 Å². The molecule has 84 valence electrons. The molecule has 0 aromatic rings. The van der Waals surface area contributed by atoms with E-state index in [1.807, 2.05) is 11.9 Å². The van der Waals surface area contributed by atoms with Gasteiger partial charge in [-0.05, 0) is 27.3 Å². The fourth-order valence-electron chi connectivity index (χ4n) is 1.16. The molecule has 0 bridgehead atoms. The van der Waals surface area contributed by atoms with Gasteiger partial charge in [-0.2, -0.15) is 0 Å². The van der Waals surface area contributed by atoms with Gasteiger partial charge in [0, 0.05) is 19.2 Å². The van der Waals surface area contributed by atoms with Crippen molar-refractivity contribution in [3.8, 4) is 0 Å². The number of rotatable bonds is 7. The molecule has 2 unspecified atom stereocenters. The highest BCUT2D eigenvalue weighted by Gasteiger charge is 2.21. The maximum Gasteiger partial charge on any atom is 0.334 e. The van der Waals surface area contributed by atoms with Crippen LogP contribution in [0.5, 0.6) is 0 Å². The normalized spacial score (nSPS) is 15.5. The number of aliphatic carboxylic acids is 1. The number of nitrogens with zero attached hydrogens (tertiary/aromatic N) is 1. The lowest BCUT2D eigenvalue weighted by Gasteiger charge is -2.26. The van der Waals surface area contributed by atoms with Crippen molar-refractivity contribution >= 4 is 5.97 Å². The quantitative estimate of drug-likeness (QED) is 0.675. The van der Waals surface area contributed by atoms with Crippen molar-refractivity contribution in [2.75, 3.05) is 20.2 Å². The zero-order chi connectivity index (χ0) is 11.1. The van der Waals surface area contributed by atoms with Gasteiger partial charge in [0.25, 0.3) is 0 Å². The highest BCUT2D eigenvalue weighted by atomic mass is 16.5. The minimum absolute atomic E-state index is 0.386. The number of carboxylic acid groups (broad SMARTS) is 1. The average molecular weight is 203 g/mol. The SMILES string of the molecule is CCOC(CN(C)C(C)CC)C(=O)O. The maximum atomic E-state index is 10.8. The third kappa shape index (κ3) is 4.58. The van der Waals surface area contributed by atoms with E-state index in [9.17, 15) is 4.79 Å². The lowest BCUT2D eigenvalue weighted by Crippen LogP contribution is -2.40. The third-order valence-corrected chi connectivity index (χ3v) is 2.44. The van der Waals surface area contributed by atoms with Gasteiger partial charge in [-0.1, -0.05) is 6.92 Å². The maximum absolute atomic E-state index is 10.8. The van der Waals surface area contributed by atoms with Crippen LogP contribution in [0.1, 0.15) is 27.2 Å². The van der Waals surface area contributed by atoms with Crippen molar-refractivity contribution in [2.24, 2.45) is 0 Å². The van der Waals surface area contributed by atoms with Crippen LogP contribution in [-0.2, 0) is 9.53 Å². The molecule has 0 radical (unpaired) electrons. The van der Waals surface area contributed by atoms with Gasteiger partial charge >= 0.3 is 5.97 Å². The molecule has 2 atom stereocenters. The molecule has 0 fully saturated rings. The van der Waals surface area contributed by atoms with Crippen LogP contribution in [-0.4, -0.2) is 48.3 Å². The van der Waals surface area contributed by atoms with Gasteiger partial charge in [0.15, 0.2) is 6.10 Å². The van der Waals surface area contributed by atoms with Crippen molar-refractivity contribution < 1.29 is 14.6 Å². The molecule has 0 aromatic carbocycles. The number of carboxylic acids is 1. The Hall–Kier alpha value is -0.610. The molecule has 0 amide bonds. The topological polar surface area (TPSA) is 49.8 Å². The van der Waals surface area contributed by atoms with Gasteiger partial charge in [-0.15, -0.1) is 0 Å². The van der Waals surface area contributed by atoms with E-state index in [0.717, 1.165) is 6.42 Å². The Balaban J connectivity index is 4.08. The minimum Gasteiger partial charge on any atom is -0.479 e. The largest absolute Gasteiger partial charge is 0.479 e. The first-order valence-electron chi connectivity index (χ1n) is 5.07. The van der Waals surface area contributed by atoms with Crippen LogP contribution in [0, 0.1) is 0 Å². The van der Waals surface area contributed by atoms with E-state index in [4.69, 9.17) is 9.84 Å². The number of hydrogen-bond acceptors (Lipinski definition) is 3. The Morgan fingerprint density at radius 3 is 2.43 bits per heavy atom. The van der Waals surface area contributed by atoms with E-state index in [2.05, 4.69) is 13.8 Å².